The Kier molecular flexibility index (Phi) is 3.70. The Bertz CT molecular complexity index is 1200. The molecular formula is C22H20N4O3. The lowest BCUT2D eigenvalue weighted by Gasteiger charge is -2.34. The van der Waals surface area contributed by atoms with Gasteiger partial charge < -0.3 is 19.9 Å². The number of primary amides is 1. The number of aliphatic hydroxyl groups is 1. The molecule has 0 spiro atoms. The molecule has 2 bridgehead atoms. The van der Waals surface area contributed by atoms with Crippen molar-refractivity contribution in [2.75, 3.05) is 0 Å². The molecule has 29 heavy (non-hydrogen) atoms. The number of aryl methyl sites for hydroxylation is 1. The van der Waals surface area contributed by atoms with Crippen molar-refractivity contribution in [1.82, 2.24) is 14.7 Å². The zero-order chi connectivity index (χ0) is 20.3. The minimum Gasteiger partial charge on any atom is -0.372 e. The summed E-state index contributed by atoms with van der Waals surface area (Å²) in [4.78, 5) is 16.1. The molecule has 3 N–H and O–H groups in total. The summed E-state index contributed by atoms with van der Waals surface area (Å²) in [5, 5.41) is 14.5. The number of rotatable bonds is 2. The number of carbonyl (C=O) groups excluding carboxylic acids is 1. The lowest BCUT2D eigenvalue weighted by molar-refractivity contribution is 0.0995. The Morgan fingerprint density at radius 3 is 2.86 bits per heavy atom. The number of nitrogens with zero attached hydrogens (tertiary/aromatic N) is 3. The van der Waals surface area contributed by atoms with Crippen molar-refractivity contribution in [3.63, 3.8) is 0 Å². The molecule has 3 aromatic rings. The lowest BCUT2D eigenvalue weighted by Crippen LogP contribution is -2.22. The van der Waals surface area contributed by atoms with Crippen LogP contribution < -0.4 is 5.73 Å². The summed E-state index contributed by atoms with van der Waals surface area (Å²) in [6, 6.07) is 8.01. The van der Waals surface area contributed by atoms with Crippen LogP contribution in [0.2, 0.25) is 0 Å². The number of amides is 1. The summed E-state index contributed by atoms with van der Waals surface area (Å²) in [6.45, 7) is 3.35. The predicted octanol–water partition coefficient (Wildman–Crippen LogP) is 2.64. The van der Waals surface area contributed by atoms with Crippen molar-refractivity contribution in [2.24, 2.45) is 5.73 Å². The van der Waals surface area contributed by atoms with E-state index in [1.807, 2.05) is 12.1 Å². The summed E-state index contributed by atoms with van der Waals surface area (Å²) in [5.74, 6) is 7.24. The van der Waals surface area contributed by atoms with E-state index in [1.54, 1.807) is 26.1 Å². The summed E-state index contributed by atoms with van der Waals surface area (Å²) in [7, 11) is 0. The van der Waals surface area contributed by atoms with Gasteiger partial charge in [-0.2, -0.15) is 0 Å². The van der Waals surface area contributed by atoms with E-state index in [4.69, 9.17) is 10.3 Å². The molecule has 4 heterocycles. The number of hydrogen-bond acceptors (Lipinski definition) is 5. The molecule has 146 valence electrons. The first kappa shape index (κ1) is 17.7. The predicted molar refractivity (Wildman–Crippen MR) is 105 cm³/mol. The normalized spacial score (nSPS) is 20.9. The Morgan fingerprint density at radius 1 is 1.38 bits per heavy atom. The van der Waals surface area contributed by atoms with Crippen LogP contribution in [0.25, 0.3) is 11.4 Å². The van der Waals surface area contributed by atoms with E-state index in [0.717, 1.165) is 29.8 Å². The van der Waals surface area contributed by atoms with Crippen LogP contribution in [0.5, 0.6) is 0 Å². The van der Waals surface area contributed by atoms with Crippen LogP contribution in [0, 0.1) is 18.8 Å². The first-order valence-corrected chi connectivity index (χ1v) is 9.54. The van der Waals surface area contributed by atoms with E-state index in [-0.39, 0.29) is 5.69 Å². The second-order valence-corrected chi connectivity index (χ2v) is 7.99. The highest BCUT2D eigenvalue weighted by molar-refractivity contribution is 5.91. The topological polar surface area (TPSA) is 107 Å². The third kappa shape index (κ3) is 2.84. The third-order valence-electron chi connectivity index (χ3n) is 5.80. The maximum atomic E-state index is 11.6. The number of hydrogen-bond donors (Lipinski definition) is 2. The van der Waals surface area contributed by atoms with Crippen molar-refractivity contribution < 1.29 is 14.4 Å². The van der Waals surface area contributed by atoms with Crippen LogP contribution in [0.3, 0.4) is 0 Å². The molecule has 1 aliphatic carbocycles. The summed E-state index contributed by atoms with van der Waals surface area (Å²) < 4.78 is 7.11. The SMILES string of the molecule is Cc1cc([C@](C)(O)C#Cc2ccc3c(c2)-c2nc(C(N)=O)cn2C2CC3C2)no1. The third-order valence-corrected chi connectivity index (χ3v) is 5.80. The van der Waals surface area contributed by atoms with Crippen LogP contribution in [0.15, 0.2) is 35.0 Å². The number of carbonyl (C=O) groups is 1. The molecule has 6 rings (SSSR count). The van der Waals surface area contributed by atoms with Gasteiger partial charge in [-0.1, -0.05) is 23.1 Å². The van der Waals surface area contributed by atoms with Crippen molar-refractivity contribution in [3.05, 3.63) is 58.7 Å². The molecule has 2 aromatic heterocycles. The monoisotopic (exact) mass is 388 g/mol. The number of benzene rings is 1. The van der Waals surface area contributed by atoms with Gasteiger partial charge in [0, 0.05) is 29.4 Å². The fraction of sp³-hybridized carbons (Fsp3) is 0.318. The van der Waals surface area contributed by atoms with Crippen molar-refractivity contribution in [3.8, 4) is 23.2 Å². The molecule has 7 heteroatoms. The molecule has 0 saturated heterocycles. The van der Waals surface area contributed by atoms with Crippen molar-refractivity contribution >= 4 is 5.91 Å². The zero-order valence-electron chi connectivity index (χ0n) is 16.1. The molecule has 3 aliphatic rings. The van der Waals surface area contributed by atoms with Gasteiger partial charge in [0.05, 0.1) is 0 Å². The molecule has 2 aliphatic heterocycles. The van der Waals surface area contributed by atoms with Gasteiger partial charge in [0.15, 0.2) is 5.60 Å². The van der Waals surface area contributed by atoms with E-state index in [9.17, 15) is 9.90 Å². The Balaban J connectivity index is 1.57. The zero-order valence-corrected chi connectivity index (χ0v) is 16.1. The quantitative estimate of drug-likeness (QED) is 0.656. The second kappa shape index (κ2) is 6.06. The van der Waals surface area contributed by atoms with Gasteiger partial charge in [0.1, 0.15) is 23.0 Å². The standard InChI is InChI=1S/C22H20N4O3/c1-12-7-19(25-29-12)22(2,28)6-5-13-3-4-16-14-9-15(10-14)26-11-18(20(23)27)24-21(26)17(16)8-13/h3-4,7-8,11,14-15,28H,9-10H2,1-2H3,(H2,23,27)/t14?,15?,22-/m1/s1. The molecule has 1 amide bonds. The van der Waals surface area contributed by atoms with Gasteiger partial charge in [0.25, 0.3) is 5.91 Å². The van der Waals surface area contributed by atoms with E-state index >= 15 is 0 Å². The van der Waals surface area contributed by atoms with Gasteiger partial charge in [-0.25, -0.2) is 4.98 Å². The molecular weight excluding hydrogens is 368 g/mol. The van der Waals surface area contributed by atoms with Gasteiger partial charge in [-0.05, 0) is 50.3 Å². The lowest BCUT2D eigenvalue weighted by atomic mass is 9.75. The van der Waals surface area contributed by atoms with E-state index in [1.165, 1.54) is 5.56 Å². The molecule has 0 unspecified atom stereocenters. The summed E-state index contributed by atoms with van der Waals surface area (Å²) >= 11 is 0. The van der Waals surface area contributed by atoms with Gasteiger partial charge in [0.2, 0.25) is 0 Å². The Labute approximate surface area is 167 Å². The first-order valence-electron chi connectivity index (χ1n) is 9.54. The van der Waals surface area contributed by atoms with Crippen LogP contribution in [0.4, 0.5) is 0 Å². The van der Waals surface area contributed by atoms with E-state index in [2.05, 4.69) is 32.6 Å². The number of nitrogens with two attached hydrogens (primary N) is 1. The van der Waals surface area contributed by atoms with Crippen LogP contribution in [0.1, 0.15) is 64.8 Å². The first-order chi connectivity index (χ1) is 13.8. The highest BCUT2D eigenvalue weighted by Crippen LogP contribution is 2.51. The minimum atomic E-state index is -1.43. The average molecular weight is 388 g/mol. The molecule has 1 saturated carbocycles. The van der Waals surface area contributed by atoms with Crippen LogP contribution in [-0.4, -0.2) is 25.7 Å². The maximum absolute atomic E-state index is 11.6. The Hall–Kier alpha value is -3.37. The highest BCUT2D eigenvalue weighted by atomic mass is 16.5. The largest absolute Gasteiger partial charge is 0.372 e. The van der Waals surface area contributed by atoms with Crippen LogP contribution in [-0.2, 0) is 5.60 Å². The molecule has 7 nitrogen and oxygen atoms in total. The molecule has 1 aromatic carbocycles. The molecule has 1 atom stereocenters. The van der Waals surface area contributed by atoms with E-state index in [0.29, 0.717) is 23.4 Å². The fourth-order valence-electron chi connectivity index (χ4n) is 4.10. The summed E-state index contributed by atoms with van der Waals surface area (Å²) in [6.07, 6.45) is 3.81. The average Bonchev–Trinajstić information content (AvgIpc) is 3.22. The minimum absolute atomic E-state index is 0.275. The number of imidazole rings is 1. The number of aromatic nitrogens is 3. The Morgan fingerprint density at radius 2 is 2.17 bits per heavy atom. The maximum Gasteiger partial charge on any atom is 0.268 e. The smallest absolute Gasteiger partial charge is 0.268 e. The van der Waals surface area contributed by atoms with Gasteiger partial charge >= 0.3 is 0 Å². The van der Waals surface area contributed by atoms with Crippen molar-refractivity contribution in [1.29, 1.82) is 0 Å². The van der Waals surface area contributed by atoms with Crippen molar-refractivity contribution in [2.45, 2.75) is 44.2 Å². The molecule has 0 radical (unpaired) electrons. The van der Waals surface area contributed by atoms with Gasteiger partial charge in [-0.3, -0.25) is 4.79 Å². The fourth-order valence-corrected chi connectivity index (χ4v) is 4.10. The summed E-state index contributed by atoms with van der Waals surface area (Å²) in [5.41, 5.74) is 7.60. The highest BCUT2D eigenvalue weighted by Gasteiger charge is 2.39. The molecule has 1 fully saturated rings. The van der Waals surface area contributed by atoms with Crippen LogP contribution >= 0.6 is 0 Å². The second-order valence-electron chi connectivity index (χ2n) is 7.99. The van der Waals surface area contributed by atoms with E-state index < -0.39 is 11.5 Å². The van der Waals surface area contributed by atoms with Gasteiger partial charge in [-0.15, -0.1) is 0 Å².